The van der Waals surface area contributed by atoms with Crippen molar-refractivity contribution in [2.75, 3.05) is 19.5 Å². The molecule has 0 aromatic heterocycles. The van der Waals surface area contributed by atoms with Gasteiger partial charge in [0.1, 0.15) is 11.0 Å². The molecule has 31 heavy (non-hydrogen) atoms. The van der Waals surface area contributed by atoms with Gasteiger partial charge in [-0.1, -0.05) is 17.7 Å². The van der Waals surface area contributed by atoms with Crippen LogP contribution in [-0.4, -0.2) is 40.4 Å². The van der Waals surface area contributed by atoms with E-state index < -0.39 is 33.4 Å². The van der Waals surface area contributed by atoms with Crippen molar-refractivity contribution in [3.05, 3.63) is 46.5 Å². The van der Waals surface area contributed by atoms with Gasteiger partial charge in [-0.3, -0.25) is 4.79 Å². The lowest BCUT2D eigenvalue weighted by Gasteiger charge is -2.17. The van der Waals surface area contributed by atoms with E-state index in [-0.39, 0.29) is 28.5 Å². The number of halogens is 3. The number of ether oxygens (including phenoxy) is 3. The molecular formula is C20H22ClF2NO6S. The summed E-state index contributed by atoms with van der Waals surface area (Å²) in [6.45, 7) is -0.0710. The average Bonchev–Trinajstić information content (AvgIpc) is 2.70. The summed E-state index contributed by atoms with van der Waals surface area (Å²) in [5, 5.41) is 1.57. The molecule has 2 rings (SSSR count). The van der Waals surface area contributed by atoms with Crippen molar-refractivity contribution >= 4 is 33.0 Å². The van der Waals surface area contributed by atoms with Gasteiger partial charge in [-0.15, -0.1) is 0 Å². The SMILES string of the molecule is COc1cc(Cl)c(C)cc1NC(=O)C(C)S(=O)(=O)Cc1ccc(OC(F)F)c(OC)c1. The maximum absolute atomic E-state index is 12.8. The minimum atomic E-state index is -3.95. The van der Waals surface area contributed by atoms with E-state index in [1.54, 1.807) is 13.0 Å². The number of aryl methyl sites for hydroxylation is 1. The van der Waals surface area contributed by atoms with E-state index in [2.05, 4.69) is 10.1 Å². The summed E-state index contributed by atoms with van der Waals surface area (Å²) in [5.74, 6) is -1.26. The quantitative estimate of drug-likeness (QED) is 0.581. The van der Waals surface area contributed by atoms with Crippen molar-refractivity contribution in [2.24, 2.45) is 0 Å². The van der Waals surface area contributed by atoms with Gasteiger partial charge in [0.25, 0.3) is 0 Å². The van der Waals surface area contributed by atoms with Crippen LogP contribution in [0.25, 0.3) is 0 Å². The Balaban J connectivity index is 2.20. The molecule has 0 radical (unpaired) electrons. The third-order valence-electron chi connectivity index (χ3n) is 4.46. The zero-order valence-electron chi connectivity index (χ0n) is 17.2. The normalized spacial score (nSPS) is 12.4. The molecule has 7 nitrogen and oxygen atoms in total. The Hall–Kier alpha value is -2.59. The standard InChI is InChI=1S/C20H22ClF2NO6S/c1-11-7-15(17(28-3)9-14(11)21)24-19(25)12(2)31(26,27)10-13-5-6-16(30-20(22)23)18(8-13)29-4/h5-9,12,20H,10H2,1-4H3,(H,24,25). The van der Waals surface area contributed by atoms with Gasteiger partial charge in [0.05, 0.1) is 25.7 Å². The van der Waals surface area contributed by atoms with E-state index in [9.17, 15) is 22.0 Å². The second-order valence-electron chi connectivity index (χ2n) is 6.60. The minimum Gasteiger partial charge on any atom is -0.495 e. The summed E-state index contributed by atoms with van der Waals surface area (Å²) in [7, 11) is -1.32. The van der Waals surface area contributed by atoms with Gasteiger partial charge in [0.2, 0.25) is 5.91 Å². The number of hydrogen-bond donors (Lipinski definition) is 1. The first-order valence-electron chi connectivity index (χ1n) is 8.96. The highest BCUT2D eigenvalue weighted by atomic mass is 35.5. The Morgan fingerprint density at radius 1 is 1.10 bits per heavy atom. The van der Waals surface area contributed by atoms with E-state index in [1.165, 1.54) is 45.4 Å². The molecule has 0 fully saturated rings. The molecule has 0 spiro atoms. The number of hydrogen-bond acceptors (Lipinski definition) is 6. The molecule has 0 heterocycles. The lowest BCUT2D eigenvalue weighted by atomic mass is 10.2. The molecule has 0 saturated heterocycles. The van der Waals surface area contributed by atoms with Crippen molar-refractivity contribution in [2.45, 2.75) is 31.5 Å². The second-order valence-corrected chi connectivity index (χ2v) is 9.33. The van der Waals surface area contributed by atoms with Crippen LogP contribution in [0.1, 0.15) is 18.1 Å². The number of rotatable bonds is 9. The summed E-state index contributed by atoms with van der Waals surface area (Å²) in [6, 6.07) is 6.85. The summed E-state index contributed by atoms with van der Waals surface area (Å²) in [5.41, 5.74) is 1.20. The van der Waals surface area contributed by atoms with Gasteiger partial charge in [-0.2, -0.15) is 8.78 Å². The van der Waals surface area contributed by atoms with Crippen LogP contribution in [-0.2, 0) is 20.4 Å². The van der Waals surface area contributed by atoms with Gasteiger partial charge in [-0.25, -0.2) is 8.42 Å². The Morgan fingerprint density at radius 3 is 2.32 bits per heavy atom. The van der Waals surface area contributed by atoms with Crippen molar-refractivity contribution in [1.82, 2.24) is 0 Å². The number of benzene rings is 2. The minimum absolute atomic E-state index is 0.0496. The molecule has 1 atom stereocenters. The highest BCUT2D eigenvalue weighted by Gasteiger charge is 2.29. The van der Waals surface area contributed by atoms with Crippen molar-refractivity contribution in [3.8, 4) is 17.2 Å². The number of carbonyl (C=O) groups is 1. The Bertz CT molecular complexity index is 1060. The van der Waals surface area contributed by atoms with Crippen LogP contribution < -0.4 is 19.5 Å². The predicted octanol–water partition coefficient (Wildman–Crippen LogP) is 4.21. The Morgan fingerprint density at radius 2 is 1.74 bits per heavy atom. The summed E-state index contributed by atoms with van der Waals surface area (Å²) in [4.78, 5) is 12.6. The van der Waals surface area contributed by atoms with E-state index in [4.69, 9.17) is 21.1 Å². The van der Waals surface area contributed by atoms with Crippen LogP contribution in [0.4, 0.5) is 14.5 Å². The number of methoxy groups -OCH3 is 2. The summed E-state index contributed by atoms with van der Waals surface area (Å²) in [6.07, 6.45) is 0. The molecule has 170 valence electrons. The number of nitrogens with one attached hydrogen (secondary N) is 1. The maximum atomic E-state index is 12.8. The lowest BCUT2D eigenvalue weighted by Crippen LogP contribution is -2.33. The van der Waals surface area contributed by atoms with E-state index in [1.807, 2.05) is 0 Å². The number of amides is 1. The summed E-state index contributed by atoms with van der Waals surface area (Å²) >= 11 is 6.04. The van der Waals surface area contributed by atoms with Crippen LogP contribution in [0.3, 0.4) is 0 Å². The van der Waals surface area contributed by atoms with Crippen LogP contribution in [0.15, 0.2) is 30.3 Å². The average molecular weight is 478 g/mol. The van der Waals surface area contributed by atoms with Gasteiger partial charge in [0.15, 0.2) is 21.3 Å². The fraction of sp³-hybridized carbons (Fsp3) is 0.350. The zero-order chi connectivity index (χ0) is 23.3. The number of anilines is 1. The molecule has 0 bridgehead atoms. The molecule has 1 N–H and O–H groups in total. The van der Waals surface area contributed by atoms with Crippen LogP contribution in [0.2, 0.25) is 5.02 Å². The molecule has 2 aromatic carbocycles. The second kappa shape index (κ2) is 10.1. The third-order valence-corrected chi connectivity index (χ3v) is 6.89. The van der Waals surface area contributed by atoms with E-state index >= 15 is 0 Å². The van der Waals surface area contributed by atoms with Crippen molar-refractivity contribution in [1.29, 1.82) is 0 Å². The van der Waals surface area contributed by atoms with Gasteiger partial charge < -0.3 is 19.5 Å². The first-order chi connectivity index (χ1) is 14.5. The predicted molar refractivity (Wildman–Crippen MR) is 113 cm³/mol. The van der Waals surface area contributed by atoms with Gasteiger partial charge in [-0.05, 0) is 43.2 Å². The monoisotopic (exact) mass is 477 g/mol. The van der Waals surface area contributed by atoms with Crippen molar-refractivity contribution in [3.63, 3.8) is 0 Å². The maximum Gasteiger partial charge on any atom is 0.387 e. The molecule has 1 amide bonds. The molecule has 2 aromatic rings. The fourth-order valence-corrected chi connectivity index (χ4v) is 4.11. The van der Waals surface area contributed by atoms with Crippen LogP contribution >= 0.6 is 11.6 Å². The summed E-state index contributed by atoms with van der Waals surface area (Å²) < 4.78 is 64.9. The molecule has 1 unspecified atom stereocenters. The third kappa shape index (κ3) is 6.20. The van der Waals surface area contributed by atoms with E-state index in [0.29, 0.717) is 10.6 Å². The smallest absolute Gasteiger partial charge is 0.387 e. The molecule has 0 aliphatic heterocycles. The molecule has 0 saturated carbocycles. The highest BCUT2D eigenvalue weighted by molar-refractivity contribution is 7.92. The molecular weight excluding hydrogens is 456 g/mol. The lowest BCUT2D eigenvalue weighted by molar-refractivity contribution is -0.115. The Kier molecular flexibility index (Phi) is 8.08. The van der Waals surface area contributed by atoms with Gasteiger partial charge >= 0.3 is 6.61 Å². The Labute approximate surface area is 184 Å². The van der Waals surface area contributed by atoms with Crippen LogP contribution in [0.5, 0.6) is 17.2 Å². The molecule has 0 aliphatic rings. The van der Waals surface area contributed by atoms with Gasteiger partial charge in [0, 0.05) is 11.1 Å². The largest absolute Gasteiger partial charge is 0.495 e. The number of alkyl halides is 2. The molecule has 0 aliphatic carbocycles. The topological polar surface area (TPSA) is 90.9 Å². The van der Waals surface area contributed by atoms with Crippen molar-refractivity contribution < 1.29 is 36.2 Å². The first-order valence-corrected chi connectivity index (χ1v) is 11.1. The fourth-order valence-electron chi connectivity index (χ4n) is 2.68. The highest BCUT2D eigenvalue weighted by Crippen LogP contribution is 2.32. The molecule has 11 heteroatoms. The van der Waals surface area contributed by atoms with E-state index in [0.717, 1.165) is 0 Å². The van der Waals surface area contributed by atoms with Crippen LogP contribution in [0, 0.1) is 6.92 Å². The first kappa shape index (κ1) is 24.7. The number of sulfone groups is 1. The number of carbonyl (C=O) groups excluding carboxylic acids is 1. The zero-order valence-corrected chi connectivity index (χ0v) is 18.8.